The number of hydrogen-bond donors (Lipinski definition) is 1. The van der Waals surface area contributed by atoms with Crippen LogP contribution in [0, 0.1) is 11.6 Å². The first-order valence-electron chi connectivity index (χ1n) is 3.98. The molecule has 0 spiro atoms. The van der Waals surface area contributed by atoms with E-state index in [1.165, 1.54) is 22.8 Å². The third-order valence-corrected chi connectivity index (χ3v) is 2.75. The molecule has 1 aliphatic heterocycles. The van der Waals surface area contributed by atoms with E-state index in [1.54, 1.807) is 0 Å². The molecule has 0 saturated carbocycles. The highest BCUT2D eigenvalue weighted by atomic mass is 32.2. The van der Waals surface area contributed by atoms with Crippen molar-refractivity contribution in [3.63, 3.8) is 0 Å². The fourth-order valence-electron chi connectivity index (χ4n) is 1.22. The standard InChI is InChI=1S/C9H8F2N2S/c10-7-2-1-6(3-8(7)11)9-4-14-5-13(9)12/h1-4H,5,12H2. The maximum Gasteiger partial charge on any atom is 0.159 e. The van der Waals surface area contributed by atoms with Gasteiger partial charge in [-0.25, -0.2) is 14.6 Å². The first-order chi connectivity index (χ1) is 6.68. The van der Waals surface area contributed by atoms with E-state index in [2.05, 4.69) is 0 Å². The van der Waals surface area contributed by atoms with Crippen molar-refractivity contribution >= 4 is 17.5 Å². The zero-order valence-electron chi connectivity index (χ0n) is 7.21. The van der Waals surface area contributed by atoms with Crippen molar-refractivity contribution in [1.82, 2.24) is 5.01 Å². The van der Waals surface area contributed by atoms with Crippen molar-refractivity contribution < 1.29 is 8.78 Å². The summed E-state index contributed by atoms with van der Waals surface area (Å²) in [6, 6.07) is 3.76. The van der Waals surface area contributed by atoms with Crippen LogP contribution in [-0.4, -0.2) is 10.9 Å². The summed E-state index contributed by atoms with van der Waals surface area (Å²) in [5.41, 5.74) is 1.31. The third kappa shape index (κ3) is 1.60. The molecule has 1 heterocycles. The van der Waals surface area contributed by atoms with Crippen LogP contribution >= 0.6 is 11.8 Å². The molecular weight excluding hydrogens is 206 g/mol. The number of thioether (sulfide) groups is 1. The number of hydrogen-bond acceptors (Lipinski definition) is 3. The normalized spacial score (nSPS) is 15.9. The van der Waals surface area contributed by atoms with Gasteiger partial charge in [-0.2, -0.15) is 0 Å². The number of halogens is 2. The molecule has 1 aromatic rings. The summed E-state index contributed by atoms with van der Waals surface area (Å²) >= 11 is 1.52. The minimum atomic E-state index is -0.853. The SMILES string of the molecule is NN1CSC=C1c1ccc(F)c(F)c1. The molecule has 0 unspecified atom stereocenters. The average molecular weight is 214 g/mol. The van der Waals surface area contributed by atoms with Crippen LogP contribution in [-0.2, 0) is 0 Å². The number of benzene rings is 1. The lowest BCUT2D eigenvalue weighted by atomic mass is 10.1. The molecule has 0 atom stereocenters. The Kier molecular flexibility index (Phi) is 2.43. The lowest BCUT2D eigenvalue weighted by Gasteiger charge is -2.14. The van der Waals surface area contributed by atoms with Crippen molar-refractivity contribution in [3.8, 4) is 0 Å². The minimum Gasteiger partial charge on any atom is -0.300 e. The van der Waals surface area contributed by atoms with Crippen LogP contribution < -0.4 is 5.84 Å². The lowest BCUT2D eigenvalue weighted by Crippen LogP contribution is -2.25. The van der Waals surface area contributed by atoms with Gasteiger partial charge in [0.2, 0.25) is 0 Å². The zero-order valence-corrected chi connectivity index (χ0v) is 8.02. The molecule has 0 bridgehead atoms. The summed E-state index contributed by atoms with van der Waals surface area (Å²) < 4.78 is 25.5. The van der Waals surface area contributed by atoms with E-state index in [0.717, 1.165) is 12.1 Å². The summed E-state index contributed by atoms with van der Waals surface area (Å²) in [5, 5.41) is 3.32. The van der Waals surface area contributed by atoms with Crippen molar-refractivity contribution in [2.75, 3.05) is 5.88 Å². The highest BCUT2D eigenvalue weighted by Crippen LogP contribution is 2.28. The van der Waals surface area contributed by atoms with E-state index in [0.29, 0.717) is 17.1 Å². The monoisotopic (exact) mass is 214 g/mol. The predicted molar refractivity (Wildman–Crippen MR) is 52.8 cm³/mol. The van der Waals surface area contributed by atoms with E-state index in [4.69, 9.17) is 5.84 Å². The number of nitrogens with zero attached hydrogens (tertiary/aromatic N) is 1. The quantitative estimate of drug-likeness (QED) is 0.726. The average Bonchev–Trinajstić information content (AvgIpc) is 2.57. The molecular formula is C9H8F2N2S. The van der Waals surface area contributed by atoms with Crippen LogP contribution in [0.3, 0.4) is 0 Å². The van der Waals surface area contributed by atoms with Gasteiger partial charge in [0, 0.05) is 5.56 Å². The summed E-state index contributed by atoms with van der Waals surface area (Å²) in [4.78, 5) is 0. The van der Waals surface area contributed by atoms with Crippen molar-refractivity contribution in [2.45, 2.75) is 0 Å². The Morgan fingerprint density at radius 1 is 1.29 bits per heavy atom. The maximum atomic E-state index is 12.9. The molecule has 2 nitrogen and oxygen atoms in total. The van der Waals surface area contributed by atoms with Crippen LogP contribution in [0.5, 0.6) is 0 Å². The molecule has 14 heavy (non-hydrogen) atoms. The molecule has 5 heteroatoms. The molecule has 0 amide bonds. The zero-order chi connectivity index (χ0) is 10.1. The van der Waals surface area contributed by atoms with E-state index in [-0.39, 0.29) is 0 Å². The highest BCUT2D eigenvalue weighted by molar-refractivity contribution is 8.02. The number of nitrogens with two attached hydrogens (primary N) is 1. The lowest BCUT2D eigenvalue weighted by molar-refractivity contribution is 0.492. The number of hydrazine groups is 1. The second-order valence-electron chi connectivity index (χ2n) is 2.90. The molecule has 0 saturated heterocycles. The van der Waals surface area contributed by atoms with Gasteiger partial charge in [-0.15, -0.1) is 11.8 Å². The fourth-order valence-corrected chi connectivity index (χ4v) is 2.03. The Balaban J connectivity index is 2.37. The smallest absolute Gasteiger partial charge is 0.159 e. The number of rotatable bonds is 1. The molecule has 2 rings (SSSR count). The van der Waals surface area contributed by atoms with E-state index < -0.39 is 11.6 Å². The Bertz CT molecular complexity index is 392. The molecule has 0 aliphatic carbocycles. The van der Waals surface area contributed by atoms with Crippen LogP contribution in [0.4, 0.5) is 8.78 Å². The molecule has 2 N–H and O–H groups in total. The van der Waals surface area contributed by atoms with Gasteiger partial charge in [0.05, 0.1) is 11.6 Å². The summed E-state index contributed by atoms with van der Waals surface area (Å²) in [6.45, 7) is 0. The van der Waals surface area contributed by atoms with Crippen LogP contribution in [0.1, 0.15) is 5.56 Å². The first-order valence-corrected chi connectivity index (χ1v) is 5.03. The van der Waals surface area contributed by atoms with E-state index >= 15 is 0 Å². The van der Waals surface area contributed by atoms with Gasteiger partial charge in [0.1, 0.15) is 0 Å². The summed E-state index contributed by atoms with van der Waals surface area (Å²) in [5.74, 6) is 4.56. The van der Waals surface area contributed by atoms with E-state index in [1.807, 2.05) is 5.41 Å². The second kappa shape index (κ2) is 3.59. The van der Waals surface area contributed by atoms with Crippen LogP contribution in [0.25, 0.3) is 5.70 Å². The fraction of sp³-hybridized carbons (Fsp3) is 0.111. The van der Waals surface area contributed by atoms with E-state index in [9.17, 15) is 8.78 Å². The molecule has 1 aliphatic rings. The second-order valence-corrected chi connectivity index (χ2v) is 3.72. The largest absolute Gasteiger partial charge is 0.300 e. The molecule has 0 radical (unpaired) electrons. The van der Waals surface area contributed by atoms with Crippen LogP contribution in [0.15, 0.2) is 23.6 Å². The predicted octanol–water partition coefficient (Wildman–Crippen LogP) is 2.14. The minimum absolute atomic E-state index is 0.594. The first kappa shape index (κ1) is 9.48. The molecule has 0 fully saturated rings. The Hall–Kier alpha value is -1.07. The van der Waals surface area contributed by atoms with Crippen molar-refractivity contribution in [2.24, 2.45) is 5.84 Å². The van der Waals surface area contributed by atoms with Gasteiger partial charge >= 0.3 is 0 Å². The van der Waals surface area contributed by atoms with Gasteiger partial charge < -0.3 is 0 Å². The Morgan fingerprint density at radius 3 is 2.64 bits per heavy atom. The van der Waals surface area contributed by atoms with Gasteiger partial charge in [0.15, 0.2) is 11.6 Å². The van der Waals surface area contributed by atoms with Gasteiger partial charge in [-0.3, -0.25) is 5.01 Å². The van der Waals surface area contributed by atoms with Gasteiger partial charge in [-0.1, -0.05) is 0 Å². The Morgan fingerprint density at radius 2 is 2.07 bits per heavy atom. The highest BCUT2D eigenvalue weighted by Gasteiger charge is 2.15. The Labute approximate surface area is 84.4 Å². The van der Waals surface area contributed by atoms with Crippen LogP contribution in [0.2, 0.25) is 0 Å². The van der Waals surface area contributed by atoms with Crippen molar-refractivity contribution in [1.29, 1.82) is 0 Å². The van der Waals surface area contributed by atoms with Gasteiger partial charge in [0.25, 0.3) is 0 Å². The maximum absolute atomic E-state index is 12.9. The molecule has 0 aromatic heterocycles. The molecule has 74 valence electrons. The topological polar surface area (TPSA) is 29.3 Å². The summed E-state index contributed by atoms with van der Waals surface area (Å²) in [7, 11) is 0. The molecule has 1 aromatic carbocycles. The third-order valence-electron chi connectivity index (χ3n) is 1.93. The van der Waals surface area contributed by atoms with Crippen molar-refractivity contribution in [3.05, 3.63) is 40.8 Å². The van der Waals surface area contributed by atoms with Gasteiger partial charge in [-0.05, 0) is 23.6 Å². The summed E-state index contributed by atoms with van der Waals surface area (Å²) in [6.07, 6.45) is 0.